The van der Waals surface area contributed by atoms with Gasteiger partial charge in [0.2, 0.25) is 0 Å². The average Bonchev–Trinajstić information content (AvgIpc) is 2.71. The zero-order valence-electron chi connectivity index (χ0n) is 15.4. The summed E-state index contributed by atoms with van der Waals surface area (Å²) in [5, 5.41) is 14.7. The monoisotopic (exact) mass is 385 g/mol. The summed E-state index contributed by atoms with van der Waals surface area (Å²) in [6, 6.07) is 12.1. The molecule has 2 aromatic carbocycles. The molecule has 9 heteroatoms. The van der Waals surface area contributed by atoms with E-state index in [0.29, 0.717) is 22.6 Å². The van der Waals surface area contributed by atoms with Gasteiger partial charge in [-0.25, -0.2) is 10.2 Å². The van der Waals surface area contributed by atoms with Gasteiger partial charge < -0.3 is 9.47 Å². The average molecular weight is 385 g/mol. The van der Waals surface area contributed by atoms with Gasteiger partial charge in [0, 0.05) is 17.7 Å². The number of esters is 1. The predicted molar refractivity (Wildman–Crippen MR) is 101 cm³/mol. The third-order valence-corrected chi connectivity index (χ3v) is 3.56. The Morgan fingerprint density at radius 3 is 2.50 bits per heavy atom. The van der Waals surface area contributed by atoms with Gasteiger partial charge in [0.1, 0.15) is 5.75 Å². The third-order valence-electron chi connectivity index (χ3n) is 3.56. The van der Waals surface area contributed by atoms with Crippen LogP contribution in [0.5, 0.6) is 5.75 Å². The van der Waals surface area contributed by atoms with Crippen LogP contribution in [-0.4, -0.2) is 35.7 Å². The first-order chi connectivity index (χ1) is 13.4. The molecule has 0 bridgehead atoms. The molecular formula is C19H19N3O6. The summed E-state index contributed by atoms with van der Waals surface area (Å²) in [5.74, 6) is -0.528. The fourth-order valence-electron chi connectivity index (χ4n) is 2.14. The number of nitrogens with one attached hydrogen (secondary N) is 1. The quantitative estimate of drug-likeness (QED) is 0.323. The molecule has 28 heavy (non-hydrogen) atoms. The molecule has 0 aliphatic heterocycles. The minimum atomic E-state index is -0.504. The lowest BCUT2D eigenvalue weighted by Gasteiger charge is -2.07. The van der Waals surface area contributed by atoms with Crippen LogP contribution in [0.3, 0.4) is 0 Å². The summed E-state index contributed by atoms with van der Waals surface area (Å²) in [6.07, 6.45) is 0. The molecule has 0 heterocycles. The number of nitro benzene ring substituents is 1. The van der Waals surface area contributed by atoms with E-state index >= 15 is 0 Å². The minimum absolute atomic E-state index is 0.0621. The topological polar surface area (TPSA) is 120 Å². The van der Waals surface area contributed by atoms with Crippen LogP contribution in [0, 0.1) is 10.1 Å². The lowest BCUT2D eigenvalue weighted by molar-refractivity contribution is -0.384. The number of nitrogens with zero attached hydrogens (tertiary/aromatic N) is 2. The number of hydrazone groups is 1. The second-order valence-electron chi connectivity index (χ2n) is 5.57. The van der Waals surface area contributed by atoms with Gasteiger partial charge in [-0.05, 0) is 38.1 Å². The van der Waals surface area contributed by atoms with Gasteiger partial charge in [-0.2, -0.15) is 5.10 Å². The van der Waals surface area contributed by atoms with Crippen molar-refractivity contribution in [3.8, 4) is 5.75 Å². The first kappa shape index (κ1) is 20.6. The highest BCUT2D eigenvalue weighted by Gasteiger charge is 2.09. The highest BCUT2D eigenvalue weighted by Crippen LogP contribution is 2.14. The highest BCUT2D eigenvalue weighted by atomic mass is 16.6. The SMILES string of the molecule is CCOC(=O)c1ccc(OCC(=O)N/N=C(\C)c2cccc([N+](=O)[O-])c2)cc1. The molecular weight excluding hydrogens is 366 g/mol. The molecule has 9 nitrogen and oxygen atoms in total. The minimum Gasteiger partial charge on any atom is -0.484 e. The van der Waals surface area contributed by atoms with Crippen molar-refractivity contribution in [2.24, 2.45) is 5.10 Å². The lowest BCUT2D eigenvalue weighted by atomic mass is 10.1. The molecule has 0 fully saturated rings. The molecule has 1 N–H and O–H groups in total. The van der Waals surface area contributed by atoms with E-state index in [0.717, 1.165) is 0 Å². The van der Waals surface area contributed by atoms with Crippen LogP contribution in [0.25, 0.3) is 0 Å². The first-order valence-corrected chi connectivity index (χ1v) is 8.38. The summed E-state index contributed by atoms with van der Waals surface area (Å²) >= 11 is 0. The third kappa shape index (κ3) is 5.90. The van der Waals surface area contributed by atoms with Crippen molar-refractivity contribution in [1.82, 2.24) is 5.43 Å². The van der Waals surface area contributed by atoms with Crippen LogP contribution in [0.1, 0.15) is 29.8 Å². The molecule has 0 saturated carbocycles. The number of non-ortho nitro benzene ring substituents is 1. The van der Waals surface area contributed by atoms with Gasteiger partial charge in [-0.3, -0.25) is 14.9 Å². The van der Waals surface area contributed by atoms with E-state index in [4.69, 9.17) is 9.47 Å². The van der Waals surface area contributed by atoms with E-state index in [1.165, 1.54) is 30.3 Å². The standard InChI is InChI=1S/C19H19N3O6/c1-3-27-19(24)14-7-9-17(10-8-14)28-12-18(23)21-20-13(2)15-5-4-6-16(11-15)22(25)26/h4-11H,3,12H2,1-2H3,(H,21,23)/b20-13+. The second-order valence-corrected chi connectivity index (χ2v) is 5.57. The van der Waals surface area contributed by atoms with E-state index in [9.17, 15) is 19.7 Å². The molecule has 0 aliphatic carbocycles. The number of rotatable bonds is 8. The van der Waals surface area contributed by atoms with Crippen molar-refractivity contribution in [2.75, 3.05) is 13.2 Å². The van der Waals surface area contributed by atoms with Gasteiger partial charge in [-0.15, -0.1) is 0 Å². The summed E-state index contributed by atoms with van der Waals surface area (Å²) in [5.41, 5.74) is 3.58. The fraction of sp³-hybridized carbons (Fsp3) is 0.211. The molecule has 2 aromatic rings. The Morgan fingerprint density at radius 1 is 1.14 bits per heavy atom. The second kappa shape index (κ2) is 9.81. The number of hydrogen-bond acceptors (Lipinski definition) is 7. The lowest BCUT2D eigenvalue weighted by Crippen LogP contribution is -2.25. The number of amides is 1. The van der Waals surface area contributed by atoms with Gasteiger partial charge in [0.15, 0.2) is 6.61 Å². The number of carbonyl (C=O) groups is 2. The van der Waals surface area contributed by atoms with Crippen LogP contribution in [-0.2, 0) is 9.53 Å². The predicted octanol–water partition coefficient (Wildman–Crippen LogP) is 2.69. The van der Waals surface area contributed by atoms with Gasteiger partial charge in [0.25, 0.3) is 11.6 Å². The van der Waals surface area contributed by atoms with E-state index < -0.39 is 16.8 Å². The van der Waals surface area contributed by atoms with Gasteiger partial charge in [0.05, 0.1) is 22.8 Å². The van der Waals surface area contributed by atoms with Crippen molar-refractivity contribution in [2.45, 2.75) is 13.8 Å². The zero-order chi connectivity index (χ0) is 20.5. The van der Waals surface area contributed by atoms with E-state index in [1.807, 2.05) is 0 Å². The van der Waals surface area contributed by atoms with Crippen LogP contribution in [0.15, 0.2) is 53.6 Å². The molecule has 0 unspecified atom stereocenters. The first-order valence-electron chi connectivity index (χ1n) is 8.38. The molecule has 0 saturated heterocycles. The summed E-state index contributed by atoms with van der Waals surface area (Å²) in [6.45, 7) is 3.34. The van der Waals surface area contributed by atoms with Crippen molar-refractivity contribution in [1.29, 1.82) is 0 Å². The molecule has 146 valence electrons. The van der Waals surface area contributed by atoms with Crippen LogP contribution < -0.4 is 10.2 Å². The fourth-order valence-corrected chi connectivity index (χ4v) is 2.14. The highest BCUT2D eigenvalue weighted by molar-refractivity contribution is 5.99. The molecule has 2 rings (SSSR count). The molecule has 0 aromatic heterocycles. The Kier molecular flexibility index (Phi) is 7.21. The maximum absolute atomic E-state index is 11.9. The molecule has 0 spiro atoms. The normalized spacial score (nSPS) is 10.9. The Labute approximate surface area is 161 Å². The number of hydrogen-bond donors (Lipinski definition) is 1. The van der Waals surface area contributed by atoms with E-state index in [1.54, 1.807) is 32.0 Å². The van der Waals surface area contributed by atoms with Crippen molar-refractivity contribution in [3.63, 3.8) is 0 Å². The van der Waals surface area contributed by atoms with Crippen molar-refractivity contribution < 1.29 is 24.0 Å². The largest absolute Gasteiger partial charge is 0.484 e. The summed E-state index contributed by atoms with van der Waals surface area (Å²) in [7, 11) is 0. The van der Waals surface area contributed by atoms with Crippen LogP contribution in [0.4, 0.5) is 5.69 Å². The number of carbonyl (C=O) groups excluding carboxylic acids is 2. The molecule has 0 aliphatic rings. The Hall–Kier alpha value is -3.75. The van der Waals surface area contributed by atoms with E-state index in [-0.39, 0.29) is 18.9 Å². The van der Waals surface area contributed by atoms with Crippen LogP contribution >= 0.6 is 0 Å². The number of nitro groups is 1. The maximum atomic E-state index is 11.9. The zero-order valence-corrected chi connectivity index (χ0v) is 15.4. The maximum Gasteiger partial charge on any atom is 0.338 e. The number of benzene rings is 2. The smallest absolute Gasteiger partial charge is 0.338 e. The van der Waals surface area contributed by atoms with Gasteiger partial charge >= 0.3 is 5.97 Å². The summed E-state index contributed by atoms with van der Waals surface area (Å²) < 4.78 is 10.2. The molecule has 0 atom stereocenters. The number of ether oxygens (including phenoxy) is 2. The summed E-state index contributed by atoms with van der Waals surface area (Å²) in [4.78, 5) is 33.7. The van der Waals surface area contributed by atoms with E-state index in [2.05, 4.69) is 10.5 Å². The molecule has 0 radical (unpaired) electrons. The van der Waals surface area contributed by atoms with Crippen LogP contribution in [0.2, 0.25) is 0 Å². The van der Waals surface area contributed by atoms with Crippen molar-refractivity contribution >= 4 is 23.3 Å². The Morgan fingerprint density at radius 2 is 1.86 bits per heavy atom. The Bertz CT molecular complexity index is 893. The van der Waals surface area contributed by atoms with Gasteiger partial charge in [-0.1, -0.05) is 12.1 Å². The van der Waals surface area contributed by atoms with Crippen molar-refractivity contribution in [3.05, 3.63) is 69.8 Å². The Balaban J connectivity index is 1.88. The molecule has 1 amide bonds.